The van der Waals surface area contributed by atoms with E-state index in [0.717, 1.165) is 20.6 Å². The highest BCUT2D eigenvalue weighted by molar-refractivity contribution is 7.89. The van der Waals surface area contributed by atoms with Crippen LogP contribution >= 0.6 is 22.7 Å². The number of hydrogen-bond donors (Lipinski definition) is 1. The molecule has 0 aliphatic rings. The molecule has 0 unspecified atom stereocenters. The van der Waals surface area contributed by atoms with Gasteiger partial charge in [-0.15, -0.1) is 22.7 Å². The van der Waals surface area contributed by atoms with Gasteiger partial charge in [-0.2, -0.15) is 4.31 Å². The molecule has 1 N–H and O–H groups in total. The van der Waals surface area contributed by atoms with Crippen LogP contribution in [0.2, 0.25) is 0 Å². The number of nitrogens with zero attached hydrogens (tertiary/aromatic N) is 2. The van der Waals surface area contributed by atoms with Crippen LogP contribution in [0.25, 0.3) is 0 Å². The summed E-state index contributed by atoms with van der Waals surface area (Å²) in [6.45, 7) is 2.01. The first-order chi connectivity index (χ1) is 9.30. The van der Waals surface area contributed by atoms with Gasteiger partial charge in [0.15, 0.2) is 0 Å². The Hall–Kier alpha value is -1.29. The number of rotatable bonds is 5. The second kappa shape index (κ2) is 5.60. The molecule has 2 rings (SSSR count). The molecule has 0 aliphatic carbocycles. The highest BCUT2D eigenvalue weighted by Crippen LogP contribution is 2.23. The minimum Gasteiger partial charge on any atom is -0.477 e. The molecule has 0 saturated heterocycles. The first-order valence-corrected chi connectivity index (χ1v) is 8.70. The maximum atomic E-state index is 12.3. The van der Waals surface area contributed by atoms with Gasteiger partial charge in [-0.1, -0.05) is 0 Å². The van der Waals surface area contributed by atoms with E-state index in [0.29, 0.717) is 5.69 Å². The van der Waals surface area contributed by atoms with Gasteiger partial charge in [0.2, 0.25) is 10.0 Å². The molecule has 2 aromatic heterocycles. The lowest BCUT2D eigenvalue weighted by Gasteiger charge is -2.14. The Labute approximate surface area is 124 Å². The normalized spacial score (nSPS) is 11.9. The molecule has 108 valence electrons. The molecule has 9 heteroatoms. The molecule has 6 nitrogen and oxygen atoms in total. The van der Waals surface area contributed by atoms with E-state index >= 15 is 0 Å². The summed E-state index contributed by atoms with van der Waals surface area (Å²) in [6.07, 6.45) is 0. The zero-order valence-electron chi connectivity index (χ0n) is 10.7. The number of hydrogen-bond acceptors (Lipinski definition) is 6. The monoisotopic (exact) mass is 332 g/mol. The van der Waals surface area contributed by atoms with E-state index in [1.807, 2.05) is 6.92 Å². The van der Waals surface area contributed by atoms with Crippen molar-refractivity contribution in [3.05, 3.63) is 32.4 Å². The summed E-state index contributed by atoms with van der Waals surface area (Å²) >= 11 is 2.35. The fourth-order valence-corrected chi connectivity index (χ4v) is 4.39. The lowest BCUT2D eigenvalue weighted by Crippen LogP contribution is -2.26. The first-order valence-electron chi connectivity index (χ1n) is 5.50. The van der Waals surface area contributed by atoms with Crippen LogP contribution in [0.3, 0.4) is 0 Å². The van der Waals surface area contributed by atoms with Gasteiger partial charge in [-0.05, 0) is 13.0 Å². The van der Waals surface area contributed by atoms with E-state index in [9.17, 15) is 13.2 Å². The number of sulfonamides is 1. The van der Waals surface area contributed by atoms with Gasteiger partial charge in [-0.25, -0.2) is 18.2 Å². The van der Waals surface area contributed by atoms with Crippen LogP contribution in [0, 0.1) is 6.92 Å². The number of thiazole rings is 1. The molecule has 0 fully saturated rings. The topological polar surface area (TPSA) is 87.6 Å². The Kier molecular flexibility index (Phi) is 4.23. The average Bonchev–Trinajstić information content (AvgIpc) is 2.98. The van der Waals surface area contributed by atoms with Gasteiger partial charge in [0, 0.05) is 17.8 Å². The molecular formula is C11H12N2O4S3. The minimum absolute atomic E-state index is 0.00137. The van der Waals surface area contributed by atoms with Gasteiger partial charge in [-0.3, -0.25) is 0 Å². The van der Waals surface area contributed by atoms with Gasteiger partial charge >= 0.3 is 5.97 Å². The van der Waals surface area contributed by atoms with Gasteiger partial charge < -0.3 is 5.11 Å². The fraction of sp³-hybridized carbons (Fsp3) is 0.273. The Morgan fingerprint density at radius 1 is 1.40 bits per heavy atom. The molecule has 0 bridgehead atoms. The Morgan fingerprint density at radius 2 is 2.10 bits per heavy atom. The van der Waals surface area contributed by atoms with Crippen molar-refractivity contribution in [2.45, 2.75) is 18.4 Å². The quantitative estimate of drug-likeness (QED) is 0.905. The van der Waals surface area contributed by atoms with Gasteiger partial charge in [0.05, 0.1) is 22.1 Å². The summed E-state index contributed by atoms with van der Waals surface area (Å²) in [5.74, 6) is -1.13. The molecule has 2 aromatic rings. The van der Waals surface area contributed by atoms with E-state index < -0.39 is 16.0 Å². The number of carbonyl (C=O) groups is 1. The number of aryl methyl sites for hydroxylation is 1. The lowest BCUT2D eigenvalue weighted by molar-refractivity contribution is 0.0702. The summed E-state index contributed by atoms with van der Waals surface area (Å²) < 4.78 is 25.8. The van der Waals surface area contributed by atoms with Crippen LogP contribution in [0.1, 0.15) is 20.4 Å². The van der Waals surface area contributed by atoms with Crippen molar-refractivity contribution in [1.82, 2.24) is 9.29 Å². The van der Waals surface area contributed by atoms with Crippen LogP contribution in [0.4, 0.5) is 0 Å². The van der Waals surface area contributed by atoms with Gasteiger partial charge in [0.1, 0.15) is 4.88 Å². The van der Waals surface area contributed by atoms with Crippen LogP contribution in [0.15, 0.2) is 21.7 Å². The zero-order valence-corrected chi connectivity index (χ0v) is 13.2. The summed E-state index contributed by atoms with van der Waals surface area (Å²) in [4.78, 5) is 15.0. The SMILES string of the molecule is Cc1nc(CN(C)S(=O)(=O)c2csc(C(=O)O)c2)cs1. The zero-order chi connectivity index (χ0) is 14.9. The van der Waals surface area contributed by atoms with Crippen molar-refractivity contribution >= 4 is 38.7 Å². The molecule has 0 atom stereocenters. The highest BCUT2D eigenvalue weighted by Gasteiger charge is 2.24. The molecular weight excluding hydrogens is 320 g/mol. The number of carboxylic acid groups (broad SMARTS) is 1. The van der Waals surface area contributed by atoms with E-state index in [1.54, 1.807) is 5.38 Å². The first kappa shape index (κ1) is 15.1. The largest absolute Gasteiger partial charge is 0.477 e. The average molecular weight is 332 g/mol. The van der Waals surface area contributed by atoms with Crippen molar-refractivity contribution in [2.75, 3.05) is 7.05 Å². The maximum absolute atomic E-state index is 12.3. The summed E-state index contributed by atoms with van der Waals surface area (Å²) in [5.41, 5.74) is 0.673. The van der Waals surface area contributed by atoms with E-state index in [4.69, 9.17) is 5.11 Å². The molecule has 0 radical (unpaired) electrons. The summed E-state index contributed by atoms with van der Waals surface area (Å²) in [7, 11) is -2.25. The van der Waals surface area contributed by atoms with E-state index in [2.05, 4.69) is 4.98 Å². The van der Waals surface area contributed by atoms with Crippen LogP contribution in [0.5, 0.6) is 0 Å². The number of aromatic carboxylic acids is 1. The van der Waals surface area contributed by atoms with E-state index in [1.165, 1.54) is 29.8 Å². The second-order valence-corrected chi connectivity index (χ2v) is 8.09. The predicted octanol–water partition coefficient (Wildman–Crippen LogP) is 2.03. The molecule has 0 aromatic carbocycles. The number of carboxylic acids is 1. The highest BCUT2D eigenvalue weighted by atomic mass is 32.2. The van der Waals surface area contributed by atoms with Gasteiger partial charge in [0.25, 0.3) is 0 Å². The Morgan fingerprint density at radius 3 is 2.60 bits per heavy atom. The Bertz CT molecular complexity index is 732. The second-order valence-electron chi connectivity index (χ2n) is 4.07. The molecule has 0 spiro atoms. The molecule has 0 amide bonds. The van der Waals surface area contributed by atoms with E-state index in [-0.39, 0.29) is 16.3 Å². The van der Waals surface area contributed by atoms with Crippen LogP contribution < -0.4 is 0 Å². The van der Waals surface area contributed by atoms with Crippen LogP contribution in [-0.4, -0.2) is 35.8 Å². The summed E-state index contributed by atoms with van der Waals surface area (Å²) in [6, 6.07) is 1.17. The predicted molar refractivity (Wildman–Crippen MR) is 76.8 cm³/mol. The number of thiophene rings is 1. The van der Waals surface area contributed by atoms with Crippen molar-refractivity contribution in [1.29, 1.82) is 0 Å². The smallest absolute Gasteiger partial charge is 0.345 e. The van der Waals surface area contributed by atoms with Crippen molar-refractivity contribution in [3.8, 4) is 0 Å². The van der Waals surface area contributed by atoms with Crippen LogP contribution in [-0.2, 0) is 16.6 Å². The maximum Gasteiger partial charge on any atom is 0.345 e. The Balaban J connectivity index is 2.22. The van der Waals surface area contributed by atoms with Crippen molar-refractivity contribution in [2.24, 2.45) is 0 Å². The molecule has 0 aliphatic heterocycles. The standard InChI is InChI=1S/C11H12N2O4S3/c1-7-12-8(5-18-7)4-13(2)20(16,17)9-3-10(11(14)15)19-6-9/h3,5-6H,4H2,1-2H3,(H,14,15). The molecule has 2 heterocycles. The third-order valence-corrected chi connectivity index (χ3v) is 6.22. The lowest BCUT2D eigenvalue weighted by atomic mass is 10.5. The third-order valence-electron chi connectivity index (χ3n) is 2.55. The van der Waals surface area contributed by atoms with Crippen molar-refractivity contribution < 1.29 is 18.3 Å². The fourth-order valence-electron chi connectivity index (χ4n) is 1.54. The number of aromatic nitrogens is 1. The molecule has 0 saturated carbocycles. The molecule has 20 heavy (non-hydrogen) atoms. The van der Waals surface area contributed by atoms with Crippen molar-refractivity contribution in [3.63, 3.8) is 0 Å². The summed E-state index contributed by atoms with van der Waals surface area (Å²) in [5, 5.41) is 12.8. The third kappa shape index (κ3) is 3.06. The minimum atomic E-state index is -3.70.